The maximum Gasteiger partial charge on any atom is 0.339 e. The minimum Gasteiger partial charge on any atom is -0.497 e. The van der Waals surface area contributed by atoms with Crippen molar-refractivity contribution < 1.29 is 90.5 Å². The lowest BCUT2D eigenvalue weighted by Gasteiger charge is -2.46. The number of β-lactam (4-membered cyclic amide) rings is 2. The van der Waals surface area contributed by atoms with Gasteiger partial charge in [-0.15, -0.1) is 0 Å². The molecule has 10 rings (SSSR count). The van der Waals surface area contributed by atoms with E-state index in [1.54, 1.807) is 83.7 Å². The molecule has 0 bridgehead atoms. The van der Waals surface area contributed by atoms with Crippen molar-refractivity contribution in [3.63, 3.8) is 0 Å². The van der Waals surface area contributed by atoms with Crippen molar-refractivity contribution in [1.29, 1.82) is 0 Å². The molecule has 4 fully saturated rings. The normalized spacial score (nSPS) is 22.0. The number of methoxy groups -OCH3 is 3. The van der Waals surface area contributed by atoms with Gasteiger partial charge in [0.25, 0.3) is 22.3 Å². The molecule has 24 heteroatoms. The van der Waals surface area contributed by atoms with E-state index < -0.39 is 120 Å². The molecule has 0 aliphatic carbocycles. The molecule has 4 saturated heterocycles. The van der Waals surface area contributed by atoms with Gasteiger partial charge in [0.15, 0.2) is 49.2 Å². The number of anilines is 2. The first-order chi connectivity index (χ1) is 42.1. The molecule has 0 aromatic heterocycles. The second-order valence-electron chi connectivity index (χ2n) is 20.5. The van der Waals surface area contributed by atoms with Crippen LogP contribution in [0, 0.1) is 0 Å². The second-order valence-corrected chi connectivity index (χ2v) is 21.3. The van der Waals surface area contributed by atoms with Gasteiger partial charge in [-0.05, 0) is 140 Å². The van der Waals surface area contributed by atoms with Crippen LogP contribution in [0.25, 0.3) is 0 Å². The lowest BCUT2D eigenvalue weighted by molar-refractivity contribution is -0.181. The summed E-state index contributed by atoms with van der Waals surface area (Å²) in [5, 5.41) is -1.79. The van der Waals surface area contributed by atoms with E-state index in [2.05, 4.69) is 14.5 Å². The zero-order valence-electron chi connectivity index (χ0n) is 48.6. The summed E-state index contributed by atoms with van der Waals surface area (Å²) >= 11 is 10.1. The van der Waals surface area contributed by atoms with Crippen LogP contribution in [-0.4, -0.2) is 135 Å². The molecular weight excluding hydrogens is 1190 g/mol. The number of nitrogens with zero attached hydrogens (tertiary/aromatic N) is 3. The molecule has 2 amide bonds. The fourth-order valence-corrected chi connectivity index (χ4v) is 9.65. The molecule has 88 heavy (non-hydrogen) atoms. The van der Waals surface area contributed by atoms with Gasteiger partial charge in [-0.2, -0.15) is 0 Å². The Balaban J connectivity index is 0.000000221. The van der Waals surface area contributed by atoms with Crippen molar-refractivity contribution in [2.24, 2.45) is 4.99 Å². The SMILES string of the molecule is CC1(C)O[C@@H](C(=O)OCC(=O)Cl)[C@H](C(=O)OCC(=O)Cl)O1.COc1ccc(N2C(=O)[C@H](OC(=O)[C@@H]3OC(C)(C)O[C@H]3C(=O)O[C@H]3C(=O)N(c4ccc(OC)cc4)[C@H]3c3ccccc3)[C@@H]2c2ccccc2)cc1.COc1ccc(N=Cc2ccccc2)cc1. The van der Waals surface area contributed by atoms with Crippen LogP contribution in [0.4, 0.5) is 17.1 Å². The highest BCUT2D eigenvalue weighted by atomic mass is 35.5. The molecule has 4 aliphatic rings. The van der Waals surface area contributed by atoms with Crippen LogP contribution in [0.3, 0.4) is 0 Å². The summed E-state index contributed by atoms with van der Waals surface area (Å²) in [5.41, 5.74) is 4.67. The lowest BCUT2D eigenvalue weighted by atomic mass is 9.89. The zero-order chi connectivity index (χ0) is 63.3. The molecule has 0 radical (unpaired) electrons. The first-order valence-electron chi connectivity index (χ1n) is 27.2. The Bertz CT molecular complexity index is 3290. The molecule has 8 atom stereocenters. The van der Waals surface area contributed by atoms with Gasteiger partial charge in [0.2, 0.25) is 12.2 Å². The van der Waals surface area contributed by atoms with E-state index in [1.807, 2.05) is 121 Å². The van der Waals surface area contributed by atoms with Gasteiger partial charge in [0.05, 0.1) is 27.0 Å². The molecular formula is C64H61Cl2N3O19. The van der Waals surface area contributed by atoms with E-state index in [4.69, 9.17) is 65.8 Å². The molecule has 6 aromatic carbocycles. The predicted octanol–water partition coefficient (Wildman–Crippen LogP) is 8.49. The number of amides is 2. The number of aliphatic imine (C=N–C) groups is 1. The quantitative estimate of drug-likeness (QED) is 0.0242. The molecule has 4 aliphatic heterocycles. The van der Waals surface area contributed by atoms with E-state index in [-0.39, 0.29) is 0 Å². The predicted molar refractivity (Wildman–Crippen MR) is 317 cm³/mol. The summed E-state index contributed by atoms with van der Waals surface area (Å²) in [6, 6.07) is 48.6. The largest absolute Gasteiger partial charge is 0.497 e. The maximum atomic E-state index is 13.8. The molecule has 0 N–H and O–H groups in total. The minimum atomic E-state index is -1.57. The van der Waals surface area contributed by atoms with Crippen molar-refractivity contribution in [1.82, 2.24) is 0 Å². The van der Waals surface area contributed by atoms with Gasteiger partial charge < -0.3 is 52.1 Å². The minimum absolute atomic E-state index is 0.455. The molecule has 4 heterocycles. The van der Waals surface area contributed by atoms with Crippen LogP contribution in [0.15, 0.2) is 169 Å². The molecule has 22 nitrogen and oxygen atoms in total. The summed E-state index contributed by atoms with van der Waals surface area (Å²) < 4.78 is 58.5. The van der Waals surface area contributed by atoms with Gasteiger partial charge in [0, 0.05) is 17.6 Å². The highest BCUT2D eigenvalue weighted by Crippen LogP contribution is 2.44. The van der Waals surface area contributed by atoms with Gasteiger partial charge >= 0.3 is 23.9 Å². The standard InChI is InChI=1S/C39H36N2O10.C14H13NO.C11H12Cl2O8/c1-39(2)50-33(37(44)48-31-29(23-11-7-5-8-12-23)40(35(31)42)25-15-19-27(46-3)20-16-25)34(51-39)38(45)49-32-30(24-13-9-6-10-14-24)41(36(32)43)26-17-21-28(47-4)22-18-26;1-16-14-9-7-13(8-10-14)15-11-12-5-3-2-4-6-12;1-11(2)20-7(9(16)18-3-5(12)14)8(21-11)10(17)19-4-6(13)15/h5-22,29-34H,1-4H3;2-11H,1H3;7-8H,3-4H2,1-2H3/t29-,30-,31+,32+,33+,34+;;7-,8-/m0.1/s1. The van der Waals surface area contributed by atoms with Crippen molar-refractivity contribution in [2.45, 2.75) is 88.0 Å². The summed E-state index contributed by atoms with van der Waals surface area (Å²) in [4.78, 5) is 107. The van der Waals surface area contributed by atoms with Crippen molar-refractivity contribution >= 4 is 92.7 Å². The van der Waals surface area contributed by atoms with Crippen LogP contribution in [0.2, 0.25) is 0 Å². The number of carbonyl (C=O) groups excluding carboxylic acids is 8. The smallest absolute Gasteiger partial charge is 0.339 e. The van der Waals surface area contributed by atoms with E-state index in [0.717, 1.165) is 28.1 Å². The van der Waals surface area contributed by atoms with Crippen molar-refractivity contribution in [2.75, 3.05) is 44.3 Å². The van der Waals surface area contributed by atoms with E-state index >= 15 is 0 Å². The molecule has 0 spiro atoms. The highest BCUT2D eigenvalue weighted by Gasteiger charge is 2.58. The van der Waals surface area contributed by atoms with Crippen LogP contribution in [0.1, 0.15) is 56.5 Å². The van der Waals surface area contributed by atoms with Crippen LogP contribution >= 0.6 is 23.2 Å². The Kier molecular flexibility index (Phi) is 21.5. The molecule has 6 aromatic rings. The number of rotatable bonds is 19. The van der Waals surface area contributed by atoms with Gasteiger partial charge in [-0.25, -0.2) is 19.2 Å². The number of benzene rings is 6. The van der Waals surface area contributed by atoms with Crippen LogP contribution in [-0.2, 0) is 76.3 Å². The average Bonchev–Trinajstić information content (AvgIpc) is 0.918. The highest BCUT2D eigenvalue weighted by molar-refractivity contribution is 6.64. The molecule has 0 saturated carbocycles. The number of hydrogen-bond donors (Lipinski definition) is 0. The monoisotopic (exact) mass is 1250 g/mol. The third kappa shape index (κ3) is 16.1. The third-order valence-corrected chi connectivity index (χ3v) is 13.8. The molecule has 0 unspecified atom stereocenters. The zero-order valence-corrected chi connectivity index (χ0v) is 50.1. The first kappa shape index (κ1) is 65.0. The molecule has 460 valence electrons. The second kappa shape index (κ2) is 29.1. The van der Waals surface area contributed by atoms with E-state index in [1.165, 1.54) is 23.6 Å². The number of carbonyl (C=O) groups is 8. The first-order valence-corrected chi connectivity index (χ1v) is 28.0. The van der Waals surface area contributed by atoms with Crippen molar-refractivity contribution in [3.8, 4) is 17.2 Å². The number of esters is 4. The van der Waals surface area contributed by atoms with Crippen molar-refractivity contribution in [3.05, 3.63) is 180 Å². The maximum absolute atomic E-state index is 13.8. The summed E-state index contributed by atoms with van der Waals surface area (Å²) in [5.74, 6) is -5.46. The number of hydrogen-bond acceptors (Lipinski definition) is 20. The topological polar surface area (TPSA) is 257 Å². The van der Waals surface area contributed by atoms with Gasteiger partial charge in [0.1, 0.15) is 29.3 Å². The Morgan fingerprint density at radius 1 is 0.466 bits per heavy atom. The summed E-state index contributed by atoms with van der Waals surface area (Å²) in [6.45, 7) is 4.64. The van der Waals surface area contributed by atoms with E-state index in [0.29, 0.717) is 22.9 Å². The third-order valence-electron chi connectivity index (χ3n) is 13.6. The van der Waals surface area contributed by atoms with Gasteiger partial charge in [-0.1, -0.05) is 91.0 Å². The Morgan fingerprint density at radius 3 is 1.11 bits per heavy atom. The fourth-order valence-electron chi connectivity index (χ4n) is 9.54. The Morgan fingerprint density at radius 2 is 0.784 bits per heavy atom. The average molecular weight is 1250 g/mol. The Hall–Kier alpha value is -9.03. The van der Waals surface area contributed by atoms with Crippen LogP contribution < -0.4 is 24.0 Å². The van der Waals surface area contributed by atoms with Crippen LogP contribution in [0.5, 0.6) is 17.2 Å². The number of ether oxygens (including phenoxy) is 11. The number of halogens is 2. The van der Waals surface area contributed by atoms with E-state index in [9.17, 15) is 38.4 Å². The lowest BCUT2D eigenvalue weighted by Crippen LogP contribution is -2.62. The summed E-state index contributed by atoms with van der Waals surface area (Å²) in [6.07, 6.45) is -6.62. The summed E-state index contributed by atoms with van der Waals surface area (Å²) in [7, 11) is 4.75. The van der Waals surface area contributed by atoms with Gasteiger partial charge in [-0.3, -0.25) is 34.0 Å². The Labute approximate surface area is 515 Å². The fraction of sp³-hybridized carbons (Fsp3) is 0.297.